The molecule has 0 spiro atoms. The van der Waals surface area contributed by atoms with Crippen molar-refractivity contribution in [2.75, 3.05) is 28.7 Å². The lowest BCUT2D eigenvalue weighted by Gasteiger charge is -2.28. The topological polar surface area (TPSA) is 127 Å². The van der Waals surface area contributed by atoms with E-state index in [2.05, 4.69) is 49.4 Å². The quantitative estimate of drug-likeness (QED) is 0.338. The molecule has 4 heterocycles. The number of hydrogen-bond acceptors (Lipinski definition) is 9. The van der Waals surface area contributed by atoms with E-state index in [0.29, 0.717) is 21.2 Å². The van der Waals surface area contributed by atoms with Gasteiger partial charge in [-0.1, -0.05) is 42.5 Å². The second-order valence-corrected chi connectivity index (χ2v) is 11.4. The molecule has 2 aliphatic rings. The summed E-state index contributed by atoms with van der Waals surface area (Å²) in [5.41, 5.74) is 1.42. The van der Waals surface area contributed by atoms with Crippen LogP contribution in [0.5, 0.6) is 5.75 Å². The Bertz CT molecular complexity index is 1680. The Morgan fingerprint density at radius 2 is 2.05 bits per heavy atom. The summed E-state index contributed by atoms with van der Waals surface area (Å²) in [5, 5.41) is 9.52. The molecule has 0 unspecified atom stereocenters. The van der Waals surface area contributed by atoms with Crippen molar-refractivity contribution in [2.45, 2.75) is 26.8 Å². The molecule has 2 aromatic carbocycles. The van der Waals surface area contributed by atoms with E-state index in [1.165, 1.54) is 34.8 Å². The van der Waals surface area contributed by atoms with Crippen molar-refractivity contribution in [1.29, 1.82) is 0 Å². The highest BCUT2D eigenvalue weighted by Crippen LogP contribution is 2.37. The molecule has 11 nitrogen and oxygen atoms in total. The zero-order valence-corrected chi connectivity index (χ0v) is 23.8. The van der Waals surface area contributed by atoms with Crippen LogP contribution in [0.2, 0.25) is 0 Å². The number of rotatable bonds is 4. The lowest BCUT2D eigenvalue weighted by molar-refractivity contribution is -0.121. The Morgan fingerprint density at radius 3 is 2.78 bits per heavy atom. The number of amides is 3. The van der Waals surface area contributed by atoms with Crippen LogP contribution < -0.4 is 25.1 Å². The van der Waals surface area contributed by atoms with Crippen LogP contribution in [-0.4, -0.2) is 43.6 Å². The van der Waals surface area contributed by atoms with Gasteiger partial charge >= 0.3 is 6.03 Å². The van der Waals surface area contributed by atoms with E-state index >= 15 is 0 Å². The van der Waals surface area contributed by atoms with Gasteiger partial charge < -0.3 is 14.6 Å². The molecule has 14 heteroatoms. The summed E-state index contributed by atoms with van der Waals surface area (Å²) < 4.78 is 30.0. The molecule has 4 aromatic rings. The van der Waals surface area contributed by atoms with Crippen LogP contribution in [-0.2, 0) is 17.8 Å². The fourth-order valence-corrected chi connectivity index (χ4v) is 5.44. The Labute approximate surface area is 243 Å². The summed E-state index contributed by atoms with van der Waals surface area (Å²) >= 11 is 2.37. The minimum absolute atomic E-state index is 0.0964. The van der Waals surface area contributed by atoms with Crippen molar-refractivity contribution in [1.82, 2.24) is 18.5 Å². The molecule has 0 saturated heterocycles. The van der Waals surface area contributed by atoms with Gasteiger partial charge in [0.1, 0.15) is 22.3 Å². The van der Waals surface area contributed by atoms with E-state index in [1.54, 1.807) is 0 Å². The summed E-state index contributed by atoms with van der Waals surface area (Å²) in [4.78, 5) is 30.0. The molecule has 6 rings (SSSR count). The van der Waals surface area contributed by atoms with E-state index in [1.807, 2.05) is 34.9 Å². The van der Waals surface area contributed by atoms with Gasteiger partial charge in [-0.15, -0.1) is 11.5 Å². The number of ether oxygens (including phenoxy) is 1. The van der Waals surface area contributed by atoms with E-state index in [-0.39, 0.29) is 36.2 Å². The van der Waals surface area contributed by atoms with Gasteiger partial charge in [-0.05, 0) is 23.6 Å². The zero-order chi connectivity index (χ0) is 29.0. The summed E-state index contributed by atoms with van der Waals surface area (Å²) in [6.45, 7) is 5.05. The predicted molar refractivity (Wildman–Crippen MR) is 155 cm³/mol. The molecule has 0 fully saturated rings. The molecule has 2 aliphatic heterocycles. The van der Waals surface area contributed by atoms with E-state index in [0.717, 1.165) is 36.0 Å². The Kier molecular flexibility index (Phi) is 8.09. The fourth-order valence-electron chi connectivity index (χ4n) is 4.26. The van der Waals surface area contributed by atoms with Gasteiger partial charge in [-0.25, -0.2) is 14.2 Å². The minimum Gasteiger partial charge on any atom is -0.481 e. The number of nitrogens with one attached hydrogen (secondary N) is 2. The van der Waals surface area contributed by atoms with Crippen molar-refractivity contribution in [3.8, 4) is 18.1 Å². The largest absolute Gasteiger partial charge is 0.481 e. The van der Waals surface area contributed by atoms with Crippen LogP contribution in [0, 0.1) is 23.6 Å². The van der Waals surface area contributed by atoms with Crippen LogP contribution in [0.25, 0.3) is 0 Å². The van der Waals surface area contributed by atoms with Crippen molar-refractivity contribution >= 4 is 57.1 Å². The number of halogens is 1. The van der Waals surface area contributed by atoms with Gasteiger partial charge in [0.25, 0.3) is 5.91 Å². The van der Waals surface area contributed by atoms with Gasteiger partial charge in [0.05, 0.1) is 18.4 Å². The molecule has 0 bridgehead atoms. The maximum atomic E-state index is 14.5. The first-order chi connectivity index (χ1) is 19.7. The lowest BCUT2D eigenvalue weighted by atomic mass is 9.92. The SMILES string of the molecule is C#CCN1C(=O)COc2cc(F)c(/N=c3\snc4n3CC(C)(C)C4)cc21.O=C(Nc1ccccc1)Nc1cnns1. The number of aromatic nitrogens is 4. The zero-order valence-electron chi connectivity index (χ0n) is 22.1. The number of urea groups is 1. The second kappa shape index (κ2) is 11.9. The molecule has 0 aliphatic carbocycles. The van der Waals surface area contributed by atoms with Crippen LogP contribution in [0.4, 0.5) is 31.2 Å². The van der Waals surface area contributed by atoms with E-state index in [9.17, 15) is 14.0 Å². The molecule has 3 amide bonds. The van der Waals surface area contributed by atoms with Crippen molar-refractivity contribution < 1.29 is 18.7 Å². The van der Waals surface area contributed by atoms with Gasteiger partial charge in [-0.2, -0.15) is 4.37 Å². The van der Waals surface area contributed by atoms with Crippen LogP contribution in [0.1, 0.15) is 19.7 Å². The van der Waals surface area contributed by atoms with Crippen LogP contribution >= 0.6 is 23.1 Å². The van der Waals surface area contributed by atoms with Crippen molar-refractivity contribution in [2.24, 2.45) is 10.4 Å². The van der Waals surface area contributed by atoms with Gasteiger partial charge in [0, 0.05) is 47.8 Å². The number of carbonyl (C=O) groups excluding carboxylic acids is 2. The van der Waals surface area contributed by atoms with E-state index < -0.39 is 5.82 Å². The first kappa shape index (κ1) is 27.9. The first-order valence-electron chi connectivity index (χ1n) is 12.4. The molecular weight excluding hydrogens is 567 g/mol. The average Bonchev–Trinajstić information content (AvgIpc) is 3.65. The monoisotopic (exact) mass is 592 g/mol. The highest BCUT2D eigenvalue weighted by Gasteiger charge is 2.31. The Hall–Kier alpha value is -4.61. The minimum atomic E-state index is -0.515. The number of anilines is 3. The van der Waals surface area contributed by atoms with Crippen LogP contribution in [0.15, 0.2) is 53.7 Å². The number of carbonyl (C=O) groups is 2. The second-order valence-electron chi connectivity index (χ2n) is 9.89. The van der Waals surface area contributed by atoms with E-state index in [4.69, 9.17) is 11.2 Å². The van der Waals surface area contributed by atoms with Crippen molar-refractivity contribution in [3.05, 3.63) is 65.1 Å². The molecule has 210 valence electrons. The first-order valence-corrected chi connectivity index (χ1v) is 14.0. The average molecular weight is 593 g/mol. The number of nitrogens with zero attached hydrogens (tertiary/aromatic N) is 6. The molecule has 2 aromatic heterocycles. The summed E-state index contributed by atoms with van der Waals surface area (Å²) in [5.74, 6) is 2.92. The maximum absolute atomic E-state index is 14.5. The molecule has 41 heavy (non-hydrogen) atoms. The standard InChI is InChI=1S/C18H17FN4O2S.C9H8N4OS/c1-4-5-22-13-7-12(11(19)6-14(13)25-9-16(22)24)20-17-23-10-18(2,3)8-15(23)21-26-17;14-9(12-8-6-10-13-15-8)11-7-4-2-1-3-5-7/h1,6-7H,5,8-10H2,2-3H3;1-6H,(H2,11,12,14)/b20-17-;. The smallest absolute Gasteiger partial charge is 0.324 e. The summed E-state index contributed by atoms with van der Waals surface area (Å²) in [6, 6.07) is 11.7. The van der Waals surface area contributed by atoms with Crippen molar-refractivity contribution in [3.63, 3.8) is 0 Å². The number of hydrogen-bond donors (Lipinski definition) is 2. The molecule has 0 radical (unpaired) electrons. The molecular formula is C27H25FN8O3S2. The highest BCUT2D eigenvalue weighted by atomic mass is 32.1. The maximum Gasteiger partial charge on any atom is 0.324 e. The third-order valence-corrected chi connectivity index (χ3v) is 7.42. The molecule has 0 atom stereocenters. The molecule has 0 saturated carbocycles. The normalized spacial score (nSPS) is 15.1. The number of fused-ring (bicyclic) bond motifs is 2. The number of benzene rings is 2. The third kappa shape index (κ3) is 6.59. The Balaban J connectivity index is 0.000000191. The third-order valence-electron chi connectivity index (χ3n) is 6.06. The van der Waals surface area contributed by atoms with Crippen LogP contribution in [0.3, 0.4) is 0 Å². The van der Waals surface area contributed by atoms with Gasteiger partial charge in [0.15, 0.2) is 12.4 Å². The fraction of sp³-hybridized carbons (Fsp3) is 0.259. The predicted octanol–water partition coefficient (Wildman–Crippen LogP) is 4.44. The van der Waals surface area contributed by atoms with Gasteiger partial charge in [0.2, 0.25) is 4.80 Å². The summed E-state index contributed by atoms with van der Waals surface area (Å²) in [6.07, 6.45) is 7.71. The lowest BCUT2D eigenvalue weighted by Crippen LogP contribution is -2.39. The highest BCUT2D eigenvalue weighted by molar-refractivity contribution is 7.10. The Morgan fingerprint density at radius 1 is 1.24 bits per heavy atom. The molecule has 2 N–H and O–H groups in total. The number of para-hydroxylation sites is 1. The summed E-state index contributed by atoms with van der Waals surface area (Å²) in [7, 11) is 0. The number of terminal acetylenes is 1. The van der Waals surface area contributed by atoms with Gasteiger partial charge in [-0.3, -0.25) is 15.0 Å².